The van der Waals surface area contributed by atoms with Crippen LogP contribution in [0.1, 0.15) is 106 Å². The van der Waals surface area contributed by atoms with E-state index in [9.17, 15) is 39.6 Å². The first-order valence-electron chi connectivity index (χ1n) is 20.9. The minimum Gasteiger partial charge on any atom is -0.456 e. The third kappa shape index (κ3) is 10.8. The van der Waals surface area contributed by atoms with E-state index in [1.165, 1.54) is 14.2 Å². The van der Waals surface area contributed by atoms with Crippen LogP contribution in [0.3, 0.4) is 0 Å². The molecule has 0 radical (unpaired) electrons. The van der Waals surface area contributed by atoms with Gasteiger partial charge in [-0.2, -0.15) is 0 Å². The normalized spacial score (nSPS) is 42.4. The summed E-state index contributed by atoms with van der Waals surface area (Å²) in [6, 6.07) is -1.16. The third-order valence-corrected chi connectivity index (χ3v) is 13.2. The van der Waals surface area contributed by atoms with Gasteiger partial charge in [-0.3, -0.25) is 14.4 Å². The van der Waals surface area contributed by atoms with Crippen LogP contribution >= 0.6 is 0 Å². The molecule has 14 nitrogen and oxygen atoms in total. The molecule has 1 amide bonds. The maximum absolute atomic E-state index is 14.3. The molecule has 2 saturated heterocycles. The predicted octanol–water partition coefficient (Wildman–Crippen LogP) is 3.44. The minimum atomic E-state index is -2.57. The van der Waals surface area contributed by atoms with E-state index >= 15 is 0 Å². The Kier molecular flexibility index (Phi) is 17.0. The van der Waals surface area contributed by atoms with Crippen molar-refractivity contribution in [1.29, 1.82) is 0 Å². The van der Waals surface area contributed by atoms with Gasteiger partial charge in [-0.25, -0.2) is 4.79 Å². The van der Waals surface area contributed by atoms with Gasteiger partial charge in [0.15, 0.2) is 0 Å². The molecule has 1 saturated carbocycles. The van der Waals surface area contributed by atoms with Crippen LogP contribution in [-0.4, -0.2) is 137 Å². The second-order valence-electron chi connectivity index (χ2n) is 17.2. The topological polar surface area (TPSA) is 199 Å². The molecule has 324 valence electrons. The summed E-state index contributed by atoms with van der Waals surface area (Å²) in [4.78, 5) is 57.7. The number of aliphatic hydroxyl groups excluding tert-OH is 3. The van der Waals surface area contributed by atoms with Crippen molar-refractivity contribution in [2.75, 3.05) is 27.9 Å². The number of aliphatic hydroxyl groups is 4. The Morgan fingerprint density at radius 2 is 1.56 bits per heavy atom. The van der Waals surface area contributed by atoms with Crippen LogP contribution in [0.5, 0.6) is 0 Å². The number of piperidine rings is 1. The molecule has 3 heterocycles. The van der Waals surface area contributed by atoms with Gasteiger partial charge in [0, 0.05) is 52.0 Å². The molecule has 0 unspecified atom stereocenters. The van der Waals surface area contributed by atoms with Crippen LogP contribution in [0.2, 0.25) is 0 Å². The molecule has 2 bridgehead atoms. The Balaban J connectivity index is 1.79. The van der Waals surface area contributed by atoms with Gasteiger partial charge in [0.05, 0.1) is 36.6 Å². The van der Waals surface area contributed by atoms with Crippen LogP contribution in [0.4, 0.5) is 0 Å². The van der Waals surface area contributed by atoms with Crippen LogP contribution in [0, 0.1) is 29.6 Å². The molecule has 14 heteroatoms. The molecule has 0 spiro atoms. The first-order chi connectivity index (χ1) is 26.9. The second-order valence-corrected chi connectivity index (χ2v) is 17.2. The zero-order valence-corrected chi connectivity index (χ0v) is 35.4. The average Bonchev–Trinajstić information content (AvgIpc) is 3.20. The highest BCUT2D eigenvalue weighted by Gasteiger charge is 2.56. The molecule has 3 fully saturated rings. The van der Waals surface area contributed by atoms with Crippen molar-refractivity contribution in [2.45, 2.75) is 166 Å². The Bertz CT molecular complexity index is 1470. The zero-order valence-electron chi connectivity index (χ0n) is 35.4. The number of rotatable bonds is 6. The van der Waals surface area contributed by atoms with Gasteiger partial charge in [0.2, 0.25) is 5.79 Å². The van der Waals surface area contributed by atoms with E-state index in [1.54, 1.807) is 40.9 Å². The summed E-state index contributed by atoms with van der Waals surface area (Å²) in [5.74, 6) is -8.59. The Morgan fingerprint density at radius 1 is 0.912 bits per heavy atom. The summed E-state index contributed by atoms with van der Waals surface area (Å²) in [6.07, 6.45) is 0.618. The maximum Gasteiger partial charge on any atom is 0.329 e. The lowest BCUT2D eigenvalue weighted by Crippen LogP contribution is -2.64. The van der Waals surface area contributed by atoms with Crippen molar-refractivity contribution in [3.05, 3.63) is 23.3 Å². The number of cyclic esters (lactones) is 1. The average molecular weight is 808 g/mol. The number of ketones is 2. The Labute approximate surface area is 338 Å². The van der Waals surface area contributed by atoms with E-state index in [2.05, 4.69) is 0 Å². The number of nitrogens with zero attached hydrogens (tertiary/aromatic N) is 1. The molecule has 4 N–H and O–H groups in total. The van der Waals surface area contributed by atoms with Crippen molar-refractivity contribution < 1.29 is 63.3 Å². The van der Waals surface area contributed by atoms with Gasteiger partial charge in [0.25, 0.3) is 11.7 Å². The highest BCUT2D eigenvalue weighted by molar-refractivity contribution is 6.39. The summed E-state index contributed by atoms with van der Waals surface area (Å²) in [6.45, 7) is 10.6. The number of carbonyl (C=O) groups is 4. The molecule has 1 aliphatic carbocycles. The molecule has 15 atom stereocenters. The number of amides is 1. The number of esters is 1. The molecule has 0 aromatic carbocycles. The first kappa shape index (κ1) is 47.1. The molecule has 4 rings (SSSR count). The van der Waals surface area contributed by atoms with Gasteiger partial charge in [-0.15, -0.1) is 0 Å². The van der Waals surface area contributed by atoms with E-state index in [4.69, 9.17) is 23.7 Å². The molecule has 3 aliphatic heterocycles. The van der Waals surface area contributed by atoms with E-state index < -0.39 is 95.9 Å². The van der Waals surface area contributed by atoms with Gasteiger partial charge in [-0.05, 0) is 94.6 Å². The zero-order chi connectivity index (χ0) is 42.4. The standard InChI is InChI=1S/C43H69NO13/c1-10-29-18-23(2)37(48)24(3)19-35(54-8)39-36(55-9)20-26(5)43(52,57-39)40(49)41(50)44-16-12-11-13-30(44)42(51)56-38(27(6)32(46)22-33(29)47)25(4)17-28-14-15-31(45)34(21-28)53-7/h17-18,24,26-32,34-39,45-46,48,52H,10-16,19-22H2,1-9H3/b23-18+,25-17+/t24-,26-,27-,28+,29+,30+,31-,32+,34-,35+,36+,37-,38-,39-,43-/m1/s1. The van der Waals surface area contributed by atoms with Gasteiger partial charge in [0.1, 0.15) is 24.0 Å². The van der Waals surface area contributed by atoms with E-state index in [1.807, 2.05) is 19.9 Å². The SMILES string of the molecule is CC[C@H]1/C=C(\C)[C@@H](O)[C@H](C)C[C@H](OC)[C@H]2O[C@@](O)(C(=O)C(=O)N3CCCC[C@H]3C(=O)O[C@H](/C(C)=C/[C@@H]3CC[C@@H](O)[C@H](OC)C3)[C@H](C)[C@@H](O)CC1=O)[C@H](C)C[C@@H]2OC. The molecule has 57 heavy (non-hydrogen) atoms. The number of allylic oxidation sites excluding steroid dienone is 2. The monoisotopic (exact) mass is 807 g/mol. The number of carbonyl (C=O) groups excluding carboxylic acids is 4. The molecule has 4 aliphatic rings. The highest BCUT2D eigenvalue weighted by Crippen LogP contribution is 2.39. The van der Waals surface area contributed by atoms with Crippen LogP contribution in [-0.2, 0) is 42.9 Å². The summed E-state index contributed by atoms with van der Waals surface area (Å²) in [5.41, 5.74) is 1.19. The second kappa shape index (κ2) is 20.6. The minimum absolute atomic E-state index is 0.0255. The van der Waals surface area contributed by atoms with Crippen LogP contribution in [0.25, 0.3) is 0 Å². The van der Waals surface area contributed by atoms with E-state index in [0.717, 1.165) is 4.90 Å². The number of methoxy groups -OCH3 is 3. The quantitative estimate of drug-likeness (QED) is 0.173. The fourth-order valence-electron chi connectivity index (χ4n) is 9.31. The molecular weight excluding hydrogens is 738 g/mol. The largest absolute Gasteiger partial charge is 0.456 e. The van der Waals surface area contributed by atoms with Crippen molar-refractivity contribution in [3.8, 4) is 0 Å². The molecule has 0 aromatic heterocycles. The third-order valence-electron chi connectivity index (χ3n) is 13.2. The number of hydrogen-bond acceptors (Lipinski definition) is 13. The van der Waals surface area contributed by atoms with Crippen molar-refractivity contribution in [2.24, 2.45) is 29.6 Å². The van der Waals surface area contributed by atoms with E-state index in [0.29, 0.717) is 49.7 Å². The maximum atomic E-state index is 14.3. The number of Topliss-reactive ketones (excluding diaryl/α,β-unsaturated/α-hetero) is 2. The summed E-state index contributed by atoms with van der Waals surface area (Å²) in [7, 11) is 4.49. The predicted molar refractivity (Wildman–Crippen MR) is 209 cm³/mol. The van der Waals surface area contributed by atoms with Gasteiger partial charge in [-0.1, -0.05) is 39.8 Å². The molecular formula is C43H69NO13. The number of fused-ring (bicyclic) bond motifs is 3. The lowest BCUT2D eigenvalue weighted by molar-refractivity contribution is -0.302. The summed E-state index contributed by atoms with van der Waals surface area (Å²) >= 11 is 0. The van der Waals surface area contributed by atoms with Gasteiger partial charge >= 0.3 is 5.97 Å². The van der Waals surface area contributed by atoms with Gasteiger partial charge < -0.3 is 49.0 Å². The van der Waals surface area contributed by atoms with Crippen LogP contribution in [0.15, 0.2) is 23.3 Å². The van der Waals surface area contributed by atoms with Crippen molar-refractivity contribution >= 4 is 23.4 Å². The Hall–Kier alpha value is -2.56. The van der Waals surface area contributed by atoms with E-state index in [-0.39, 0.29) is 50.0 Å². The first-order valence-corrected chi connectivity index (χ1v) is 20.9. The summed E-state index contributed by atoms with van der Waals surface area (Å²) in [5, 5.41) is 45.6. The van der Waals surface area contributed by atoms with Crippen molar-refractivity contribution in [1.82, 2.24) is 4.90 Å². The smallest absolute Gasteiger partial charge is 0.329 e. The summed E-state index contributed by atoms with van der Waals surface area (Å²) < 4.78 is 29.6. The lowest BCUT2D eigenvalue weighted by atomic mass is 9.81. The molecule has 0 aromatic rings. The number of ether oxygens (including phenoxy) is 5. The Morgan fingerprint density at radius 3 is 2.19 bits per heavy atom. The van der Waals surface area contributed by atoms with Crippen molar-refractivity contribution in [3.63, 3.8) is 0 Å². The number of hydrogen-bond donors (Lipinski definition) is 4. The lowest BCUT2D eigenvalue weighted by Gasteiger charge is -2.47. The van der Waals surface area contributed by atoms with Crippen LogP contribution < -0.4 is 0 Å². The fourth-order valence-corrected chi connectivity index (χ4v) is 9.31. The fraction of sp³-hybridized carbons (Fsp3) is 0.814. The highest BCUT2D eigenvalue weighted by atomic mass is 16.7.